The summed E-state index contributed by atoms with van der Waals surface area (Å²) in [6.45, 7) is 7.74. The molecule has 0 fully saturated rings. The molecule has 1 aromatic carbocycles. The van der Waals surface area contributed by atoms with Crippen LogP contribution in [0.1, 0.15) is 142 Å². The summed E-state index contributed by atoms with van der Waals surface area (Å²) in [5.74, 6) is -5.23. The van der Waals surface area contributed by atoms with E-state index in [0.717, 1.165) is 38.5 Å². The maximum Gasteiger partial charge on any atom is 0.339 e. The molecule has 0 saturated carbocycles. The summed E-state index contributed by atoms with van der Waals surface area (Å²) in [4.78, 5) is 52.2. The number of unbranched alkanes of at least 4 members (excludes halogenated alkanes) is 6. The van der Waals surface area contributed by atoms with Crippen LogP contribution >= 0.6 is 0 Å². The smallest absolute Gasteiger partial charge is 0.339 e. The second-order valence-electron chi connectivity index (χ2n) is 8.98. The topological polar surface area (TPSA) is 127 Å². The van der Waals surface area contributed by atoms with Crippen molar-refractivity contribution in [2.24, 2.45) is 0 Å². The van der Waals surface area contributed by atoms with Gasteiger partial charge < -0.3 is 19.7 Å². The molecule has 0 bridgehead atoms. The highest BCUT2D eigenvalue weighted by atomic mass is 16.5. The number of carbonyl (C=O) groups excluding carboxylic acids is 4. The number of hydrogen-bond acceptors (Lipinski definition) is 8. The number of aromatic hydroxyl groups is 2. The van der Waals surface area contributed by atoms with Crippen molar-refractivity contribution >= 4 is 23.5 Å². The van der Waals surface area contributed by atoms with Crippen LogP contribution in [0.4, 0.5) is 0 Å². The second kappa shape index (κ2) is 16.7. The molecule has 0 heterocycles. The first-order chi connectivity index (χ1) is 17.2. The molecule has 0 aliphatic heterocycles. The molecule has 1 rings (SSSR count). The average Bonchev–Trinajstić information content (AvgIpc) is 2.85. The van der Waals surface area contributed by atoms with Gasteiger partial charge in [-0.05, 0) is 25.7 Å². The monoisotopic (exact) mass is 506 g/mol. The Kier molecular flexibility index (Phi) is 14.5. The van der Waals surface area contributed by atoms with Crippen LogP contribution in [0.3, 0.4) is 0 Å². The minimum absolute atomic E-state index is 0.00845. The van der Waals surface area contributed by atoms with E-state index in [1.54, 1.807) is 6.92 Å². The number of rotatable bonds is 18. The van der Waals surface area contributed by atoms with E-state index in [9.17, 15) is 29.4 Å². The van der Waals surface area contributed by atoms with Crippen LogP contribution in [-0.2, 0) is 9.53 Å². The average molecular weight is 507 g/mol. The zero-order chi connectivity index (χ0) is 27.1. The molecule has 0 spiro atoms. The largest absolute Gasteiger partial charge is 0.504 e. The highest BCUT2D eigenvalue weighted by Crippen LogP contribution is 2.46. The number of phenolic OH excluding ortho intramolecular Hbond substituents is 2. The van der Waals surface area contributed by atoms with Gasteiger partial charge in [0.05, 0.1) is 23.3 Å². The number of Topliss-reactive ketones (excluding diaryl/α,β-unsaturated/α-hetero) is 2. The zero-order valence-corrected chi connectivity index (χ0v) is 22.2. The van der Waals surface area contributed by atoms with Gasteiger partial charge in [0, 0.05) is 19.3 Å². The molecule has 36 heavy (non-hydrogen) atoms. The molecule has 0 aromatic heterocycles. The Labute approximate surface area is 214 Å². The van der Waals surface area contributed by atoms with Crippen molar-refractivity contribution in [1.29, 1.82) is 0 Å². The molecule has 0 amide bonds. The molecule has 2 N–H and O–H groups in total. The van der Waals surface area contributed by atoms with Crippen LogP contribution in [0.2, 0.25) is 0 Å². The summed E-state index contributed by atoms with van der Waals surface area (Å²) in [7, 11) is 0. The Morgan fingerprint density at radius 1 is 0.611 bits per heavy atom. The quantitative estimate of drug-likeness (QED) is 0.0742. The normalized spacial score (nSPS) is 10.8. The van der Waals surface area contributed by atoms with Crippen molar-refractivity contribution in [3.05, 3.63) is 16.7 Å². The van der Waals surface area contributed by atoms with E-state index in [-0.39, 0.29) is 31.4 Å². The number of hydrogen-bond donors (Lipinski definition) is 2. The Balaban J connectivity index is 3.75. The zero-order valence-electron chi connectivity index (χ0n) is 22.2. The summed E-state index contributed by atoms with van der Waals surface area (Å²) in [6, 6.07) is 0. The van der Waals surface area contributed by atoms with E-state index < -0.39 is 51.9 Å². The fourth-order valence-electron chi connectivity index (χ4n) is 3.81. The predicted molar refractivity (Wildman–Crippen MR) is 137 cm³/mol. The maximum atomic E-state index is 13.4. The van der Waals surface area contributed by atoms with Crippen LogP contribution in [0.25, 0.3) is 0 Å². The van der Waals surface area contributed by atoms with Crippen molar-refractivity contribution in [2.75, 3.05) is 6.61 Å². The van der Waals surface area contributed by atoms with Crippen LogP contribution in [0, 0.1) is 0 Å². The third-order valence-corrected chi connectivity index (χ3v) is 5.82. The Hall–Kier alpha value is -2.90. The molecule has 8 heteroatoms. The fourth-order valence-corrected chi connectivity index (χ4v) is 3.81. The number of phenols is 2. The van der Waals surface area contributed by atoms with E-state index in [2.05, 4.69) is 0 Å². The Morgan fingerprint density at radius 2 is 1.11 bits per heavy atom. The molecule has 0 saturated heterocycles. The standard InChI is InChI=1S/C28H42O8/c1-5-9-12-15-19(29)22-24(28(34)35-18-8-4)23(20(30)16-13-10-6-2)27(26(33)25(22)32)36-21(31)17-14-11-7-3/h32-33H,5-18H2,1-4H3. The van der Waals surface area contributed by atoms with Crippen LogP contribution < -0.4 is 4.74 Å². The van der Waals surface area contributed by atoms with Gasteiger partial charge in [0.1, 0.15) is 0 Å². The van der Waals surface area contributed by atoms with Gasteiger partial charge >= 0.3 is 11.9 Å². The van der Waals surface area contributed by atoms with E-state index in [4.69, 9.17) is 9.47 Å². The third kappa shape index (κ3) is 8.95. The summed E-state index contributed by atoms with van der Waals surface area (Å²) in [6.07, 6.45) is 6.97. The number of esters is 2. The third-order valence-electron chi connectivity index (χ3n) is 5.82. The van der Waals surface area contributed by atoms with E-state index in [1.165, 1.54) is 0 Å². The molecule has 8 nitrogen and oxygen atoms in total. The van der Waals surface area contributed by atoms with Crippen molar-refractivity contribution in [2.45, 2.75) is 111 Å². The van der Waals surface area contributed by atoms with Crippen LogP contribution in [0.5, 0.6) is 17.2 Å². The van der Waals surface area contributed by atoms with Crippen LogP contribution in [0.15, 0.2) is 0 Å². The van der Waals surface area contributed by atoms with Gasteiger partial charge in [-0.2, -0.15) is 0 Å². The lowest BCUT2D eigenvalue weighted by atomic mass is 9.89. The van der Waals surface area contributed by atoms with Gasteiger partial charge in [-0.3, -0.25) is 14.4 Å². The predicted octanol–water partition coefficient (Wildman–Crippen LogP) is 6.68. The summed E-state index contributed by atoms with van der Waals surface area (Å²) >= 11 is 0. The van der Waals surface area contributed by atoms with Gasteiger partial charge in [0.25, 0.3) is 0 Å². The van der Waals surface area contributed by atoms with Gasteiger partial charge in [-0.1, -0.05) is 66.2 Å². The highest BCUT2D eigenvalue weighted by Gasteiger charge is 2.36. The van der Waals surface area contributed by atoms with Crippen molar-refractivity contribution in [3.8, 4) is 17.2 Å². The Morgan fingerprint density at radius 3 is 1.61 bits per heavy atom. The number of benzene rings is 1. The number of ether oxygens (including phenoxy) is 2. The first-order valence-electron chi connectivity index (χ1n) is 13.3. The summed E-state index contributed by atoms with van der Waals surface area (Å²) in [5.41, 5.74) is -1.29. The first-order valence-corrected chi connectivity index (χ1v) is 13.3. The van der Waals surface area contributed by atoms with E-state index >= 15 is 0 Å². The molecule has 0 aliphatic rings. The van der Waals surface area contributed by atoms with E-state index in [1.807, 2.05) is 20.8 Å². The lowest BCUT2D eigenvalue weighted by Crippen LogP contribution is -2.21. The lowest BCUT2D eigenvalue weighted by Gasteiger charge is -2.20. The molecule has 1 aromatic rings. The van der Waals surface area contributed by atoms with Crippen molar-refractivity contribution < 1.29 is 38.9 Å². The Bertz CT molecular complexity index is 904. The van der Waals surface area contributed by atoms with E-state index in [0.29, 0.717) is 25.7 Å². The summed E-state index contributed by atoms with van der Waals surface area (Å²) in [5, 5.41) is 21.6. The van der Waals surface area contributed by atoms with Gasteiger partial charge in [0.15, 0.2) is 23.1 Å². The van der Waals surface area contributed by atoms with Gasteiger partial charge in [0.2, 0.25) is 5.75 Å². The number of carbonyl (C=O) groups is 4. The minimum atomic E-state index is -0.979. The maximum absolute atomic E-state index is 13.4. The molecule has 0 radical (unpaired) electrons. The summed E-state index contributed by atoms with van der Waals surface area (Å²) < 4.78 is 10.6. The lowest BCUT2D eigenvalue weighted by molar-refractivity contribution is -0.134. The molecular formula is C28H42O8. The SMILES string of the molecule is CCCCCC(=O)Oc1c(O)c(O)c(C(=O)CCCCC)c(C(=O)OCCC)c1C(=O)CCCCC. The molecule has 202 valence electrons. The van der Waals surface area contributed by atoms with Crippen LogP contribution in [-0.4, -0.2) is 40.3 Å². The molecule has 0 atom stereocenters. The molecular weight excluding hydrogens is 464 g/mol. The highest BCUT2D eigenvalue weighted by molar-refractivity contribution is 6.17. The fraction of sp³-hybridized carbons (Fsp3) is 0.643. The molecule has 0 unspecified atom stereocenters. The second-order valence-corrected chi connectivity index (χ2v) is 8.98. The number of ketones is 2. The van der Waals surface area contributed by atoms with Gasteiger partial charge in [-0.15, -0.1) is 0 Å². The van der Waals surface area contributed by atoms with Crippen molar-refractivity contribution in [3.63, 3.8) is 0 Å². The molecule has 0 aliphatic carbocycles. The van der Waals surface area contributed by atoms with Crippen molar-refractivity contribution in [1.82, 2.24) is 0 Å². The van der Waals surface area contributed by atoms with Gasteiger partial charge in [-0.25, -0.2) is 4.79 Å². The first kappa shape index (κ1) is 31.1. The minimum Gasteiger partial charge on any atom is -0.504 e.